The van der Waals surface area contributed by atoms with Crippen LogP contribution < -0.4 is 5.56 Å². The maximum atomic E-state index is 12.6. The summed E-state index contributed by atoms with van der Waals surface area (Å²) in [5.74, 6) is 0. The van der Waals surface area contributed by atoms with Gasteiger partial charge in [-0.2, -0.15) is 0 Å². The zero-order chi connectivity index (χ0) is 14.0. The van der Waals surface area contributed by atoms with Gasteiger partial charge in [-0.15, -0.1) is 0 Å². The molecule has 0 spiro atoms. The Balaban J connectivity index is 2.64. The Morgan fingerprint density at radius 2 is 2.05 bits per heavy atom. The Hall–Kier alpha value is -1.32. The summed E-state index contributed by atoms with van der Waals surface area (Å²) >= 11 is 6.17. The molecule has 4 heteroatoms. The lowest BCUT2D eigenvalue weighted by atomic mass is 10.1. The molecule has 3 nitrogen and oxygen atoms in total. The quantitative estimate of drug-likeness (QED) is 0.859. The average molecular weight is 279 g/mol. The molecule has 0 amide bonds. The van der Waals surface area contributed by atoms with Crippen molar-refractivity contribution in [3.05, 3.63) is 45.3 Å². The number of rotatable bonds is 4. The number of hydrogen-bond donors (Lipinski definition) is 0. The number of fused-ring (bicyclic) bond motifs is 1. The van der Waals surface area contributed by atoms with Gasteiger partial charge in [0.15, 0.2) is 0 Å². The van der Waals surface area contributed by atoms with Gasteiger partial charge in [0, 0.05) is 18.8 Å². The summed E-state index contributed by atoms with van der Waals surface area (Å²) in [5, 5.41) is 2.08. The third kappa shape index (κ3) is 2.82. The summed E-state index contributed by atoms with van der Waals surface area (Å²) in [6.45, 7) is 3.59. The van der Waals surface area contributed by atoms with Gasteiger partial charge in [0.05, 0.1) is 10.4 Å². The molecule has 1 aromatic heterocycles. The predicted molar refractivity (Wildman–Crippen MR) is 81.2 cm³/mol. The van der Waals surface area contributed by atoms with Crippen LogP contribution in [0.15, 0.2) is 29.1 Å². The minimum Gasteiger partial charge on any atom is -0.311 e. The van der Waals surface area contributed by atoms with Gasteiger partial charge in [0.2, 0.25) is 0 Å². The standard InChI is InChI=1S/C15H19ClN2O/c1-4-12-10-11-6-5-7-13(16)14(11)15(19)18(12)9-8-17(2)3/h5-7,10H,4,8-9H2,1-3H3. The molecule has 0 bridgehead atoms. The van der Waals surface area contributed by atoms with Crippen LogP contribution in [-0.4, -0.2) is 30.1 Å². The van der Waals surface area contributed by atoms with Gasteiger partial charge in [-0.25, -0.2) is 0 Å². The molecule has 2 aromatic rings. The van der Waals surface area contributed by atoms with E-state index in [9.17, 15) is 4.79 Å². The van der Waals surface area contributed by atoms with Gasteiger partial charge >= 0.3 is 0 Å². The highest BCUT2D eigenvalue weighted by Crippen LogP contribution is 2.21. The minimum atomic E-state index is 0.0156. The van der Waals surface area contributed by atoms with E-state index in [2.05, 4.69) is 17.9 Å². The topological polar surface area (TPSA) is 25.2 Å². The highest BCUT2D eigenvalue weighted by molar-refractivity contribution is 6.35. The third-order valence-corrected chi connectivity index (χ3v) is 3.62. The van der Waals surface area contributed by atoms with E-state index in [1.54, 1.807) is 6.07 Å². The molecule has 0 saturated carbocycles. The highest BCUT2D eigenvalue weighted by atomic mass is 35.5. The number of halogens is 1. The number of pyridine rings is 1. The van der Waals surface area contributed by atoms with Crippen LogP contribution in [-0.2, 0) is 13.0 Å². The summed E-state index contributed by atoms with van der Waals surface area (Å²) in [5.41, 5.74) is 1.07. The SMILES string of the molecule is CCc1cc2cccc(Cl)c2c(=O)n1CCN(C)C. The summed E-state index contributed by atoms with van der Waals surface area (Å²) in [6, 6.07) is 7.66. The summed E-state index contributed by atoms with van der Waals surface area (Å²) < 4.78 is 1.84. The summed E-state index contributed by atoms with van der Waals surface area (Å²) in [6.07, 6.45) is 0.838. The van der Waals surface area contributed by atoms with E-state index < -0.39 is 0 Å². The Morgan fingerprint density at radius 1 is 1.32 bits per heavy atom. The summed E-state index contributed by atoms with van der Waals surface area (Å²) in [4.78, 5) is 14.7. The van der Waals surface area contributed by atoms with Crippen molar-refractivity contribution in [2.45, 2.75) is 19.9 Å². The number of aromatic nitrogens is 1. The largest absolute Gasteiger partial charge is 0.311 e. The van der Waals surface area contributed by atoms with Gasteiger partial charge in [0.1, 0.15) is 0 Å². The Bertz CT molecular complexity index is 646. The number of aryl methyl sites for hydroxylation is 1. The second-order valence-corrected chi connectivity index (χ2v) is 5.36. The van der Waals surface area contributed by atoms with Crippen LogP contribution in [0.5, 0.6) is 0 Å². The van der Waals surface area contributed by atoms with Crippen molar-refractivity contribution < 1.29 is 0 Å². The van der Waals surface area contributed by atoms with Crippen LogP contribution in [0, 0.1) is 0 Å². The van der Waals surface area contributed by atoms with Gasteiger partial charge in [-0.3, -0.25) is 4.79 Å². The molecule has 1 heterocycles. The van der Waals surface area contributed by atoms with Crippen molar-refractivity contribution in [2.24, 2.45) is 0 Å². The van der Waals surface area contributed by atoms with Crippen molar-refractivity contribution in [2.75, 3.05) is 20.6 Å². The molecule has 19 heavy (non-hydrogen) atoms. The van der Waals surface area contributed by atoms with Crippen molar-refractivity contribution >= 4 is 22.4 Å². The molecule has 0 fully saturated rings. The molecule has 1 aromatic carbocycles. The van der Waals surface area contributed by atoms with Crippen LogP contribution in [0.1, 0.15) is 12.6 Å². The number of benzene rings is 1. The zero-order valence-corrected chi connectivity index (χ0v) is 12.4. The monoisotopic (exact) mass is 278 g/mol. The Morgan fingerprint density at radius 3 is 2.68 bits per heavy atom. The third-order valence-electron chi connectivity index (χ3n) is 3.31. The molecule has 0 N–H and O–H groups in total. The van der Waals surface area contributed by atoms with E-state index in [0.29, 0.717) is 17.0 Å². The van der Waals surface area contributed by atoms with Gasteiger partial charge in [-0.1, -0.05) is 30.7 Å². The van der Waals surface area contributed by atoms with Crippen LogP contribution in [0.3, 0.4) is 0 Å². The summed E-state index contributed by atoms with van der Waals surface area (Å²) in [7, 11) is 4.01. The zero-order valence-electron chi connectivity index (χ0n) is 11.6. The predicted octanol–water partition coefficient (Wildman–Crippen LogP) is 2.78. The fraction of sp³-hybridized carbons (Fsp3) is 0.400. The molecule has 2 rings (SSSR count). The molecule has 0 radical (unpaired) electrons. The van der Waals surface area contributed by atoms with E-state index in [0.717, 1.165) is 24.0 Å². The number of nitrogens with zero attached hydrogens (tertiary/aromatic N) is 2. The van der Waals surface area contributed by atoms with E-state index in [4.69, 9.17) is 11.6 Å². The molecule has 102 valence electrons. The first-order valence-electron chi connectivity index (χ1n) is 6.50. The maximum absolute atomic E-state index is 12.6. The fourth-order valence-corrected chi connectivity index (χ4v) is 2.51. The first-order valence-corrected chi connectivity index (χ1v) is 6.88. The van der Waals surface area contributed by atoms with Crippen molar-refractivity contribution in [1.29, 1.82) is 0 Å². The lowest BCUT2D eigenvalue weighted by Gasteiger charge is -2.16. The molecule has 0 atom stereocenters. The smallest absolute Gasteiger partial charge is 0.260 e. The van der Waals surface area contributed by atoms with Gasteiger partial charge in [0.25, 0.3) is 5.56 Å². The molecule has 0 saturated heterocycles. The van der Waals surface area contributed by atoms with Crippen molar-refractivity contribution in [1.82, 2.24) is 9.47 Å². The van der Waals surface area contributed by atoms with E-state index >= 15 is 0 Å². The second kappa shape index (κ2) is 5.76. The lowest BCUT2D eigenvalue weighted by Crippen LogP contribution is -2.29. The van der Waals surface area contributed by atoms with Crippen molar-refractivity contribution in [3.8, 4) is 0 Å². The Labute approximate surface area is 118 Å². The molecular weight excluding hydrogens is 260 g/mol. The fourth-order valence-electron chi connectivity index (χ4n) is 2.25. The van der Waals surface area contributed by atoms with Crippen molar-refractivity contribution in [3.63, 3.8) is 0 Å². The van der Waals surface area contributed by atoms with E-state index in [1.807, 2.05) is 30.8 Å². The lowest BCUT2D eigenvalue weighted by molar-refractivity contribution is 0.378. The van der Waals surface area contributed by atoms with E-state index in [-0.39, 0.29) is 5.56 Å². The normalized spacial score (nSPS) is 11.4. The first kappa shape index (κ1) is 14.1. The Kier molecular flexibility index (Phi) is 4.27. The average Bonchev–Trinajstić information content (AvgIpc) is 2.36. The second-order valence-electron chi connectivity index (χ2n) is 4.95. The minimum absolute atomic E-state index is 0.0156. The maximum Gasteiger partial charge on any atom is 0.260 e. The first-order chi connectivity index (χ1) is 9.04. The molecular formula is C15H19ClN2O. The molecule has 0 aliphatic carbocycles. The van der Waals surface area contributed by atoms with Crippen LogP contribution in [0.25, 0.3) is 10.8 Å². The number of likely N-dealkylation sites (N-methyl/N-ethyl adjacent to an activating group) is 1. The van der Waals surface area contributed by atoms with E-state index in [1.165, 1.54) is 0 Å². The van der Waals surface area contributed by atoms with Crippen LogP contribution >= 0.6 is 11.6 Å². The number of hydrogen-bond acceptors (Lipinski definition) is 2. The van der Waals surface area contributed by atoms with Gasteiger partial charge < -0.3 is 9.47 Å². The molecule has 0 aliphatic rings. The molecule has 0 unspecified atom stereocenters. The molecule has 0 aliphatic heterocycles. The van der Waals surface area contributed by atoms with Crippen LogP contribution in [0.2, 0.25) is 5.02 Å². The van der Waals surface area contributed by atoms with Gasteiger partial charge in [-0.05, 0) is 38.0 Å². The van der Waals surface area contributed by atoms with Crippen LogP contribution in [0.4, 0.5) is 0 Å². The highest BCUT2D eigenvalue weighted by Gasteiger charge is 2.10.